The van der Waals surface area contributed by atoms with Crippen LogP contribution in [-0.2, 0) is 9.22 Å². The van der Waals surface area contributed by atoms with Crippen LogP contribution < -0.4 is 5.32 Å². The van der Waals surface area contributed by atoms with E-state index in [1.54, 1.807) is 0 Å². The van der Waals surface area contributed by atoms with E-state index in [0.717, 1.165) is 6.54 Å². The molecule has 0 radical (unpaired) electrons. The molecule has 1 fully saturated rings. The Balaban J connectivity index is 2.73. The van der Waals surface area contributed by atoms with Crippen LogP contribution in [0.4, 0.5) is 0 Å². The van der Waals surface area contributed by atoms with Crippen LogP contribution in [0.1, 0.15) is 27.7 Å². The number of hydrogen-bond donors (Lipinski definition) is 1. The van der Waals surface area contributed by atoms with Crippen LogP contribution in [0, 0.1) is 5.92 Å². The topological polar surface area (TPSA) is 38.3 Å². The lowest BCUT2D eigenvalue weighted by atomic mass is 10.1. The first-order valence-electron chi connectivity index (χ1n) is 5.61. The van der Waals surface area contributed by atoms with Gasteiger partial charge in [0, 0.05) is 12.5 Å². The molecule has 0 bridgehead atoms. The van der Waals surface area contributed by atoms with Crippen molar-refractivity contribution in [2.45, 2.75) is 51.9 Å². The van der Waals surface area contributed by atoms with Gasteiger partial charge in [0.05, 0.1) is 0 Å². The van der Waals surface area contributed by atoms with Gasteiger partial charge in [-0.2, -0.15) is 0 Å². The second-order valence-electron chi connectivity index (χ2n) is 6.02. The summed E-state index contributed by atoms with van der Waals surface area (Å²) in [6.45, 7) is 13.8. The summed E-state index contributed by atoms with van der Waals surface area (Å²) in [7, 11) is -1.81. The maximum Gasteiger partial charge on any atom is 0.248 e. The number of carbonyl (C=O) groups is 1. The van der Waals surface area contributed by atoms with Crippen LogP contribution >= 0.6 is 0 Å². The van der Waals surface area contributed by atoms with Crippen molar-refractivity contribution in [2.24, 2.45) is 5.92 Å². The quantitative estimate of drug-likeness (QED) is 0.737. The minimum absolute atomic E-state index is 0.0623. The van der Waals surface area contributed by atoms with E-state index < -0.39 is 8.32 Å². The summed E-state index contributed by atoms with van der Waals surface area (Å²) >= 11 is 0. The summed E-state index contributed by atoms with van der Waals surface area (Å²) < 4.78 is 6.11. The molecule has 4 heteroatoms. The van der Waals surface area contributed by atoms with Crippen molar-refractivity contribution in [3.63, 3.8) is 0 Å². The highest BCUT2D eigenvalue weighted by atomic mass is 28.4. The van der Waals surface area contributed by atoms with Crippen molar-refractivity contribution in [3.8, 4) is 0 Å². The summed E-state index contributed by atoms with van der Waals surface area (Å²) in [5.41, 5.74) is 0. The highest BCUT2D eigenvalue weighted by Gasteiger charge is 2.43. The van der Waals surface area contributed by atoms with Crippen molar-refractivity contribution in [1.29, 1.82) is 0 Å². The Morgan fingerprint density at radius 2 is 1.93 bits per heavy atom. The van der Waals surface area contributed by atoms with Gasteiger partial charge < -0.3 is 9.74 Å². The Labute approximate surface area is 93.7 Å². The Hall–Kier alpha value is -0.353. The molecule has 1 amide bonds. The second-order valence-corrected chi connectivity index (χ2v) is 10.8. The SMILES string of the molecule is C[C@H]1CNC(=O)[C@H]1O[Si](C)(C)C(C)(C)C. The van der Waals surface area contributed by atoms with E-state index in [-0.39, 0.29) is 17.0 Å². The summed E-state index contributed by atoms with van der Waals surface area (Å²) in [4.78, 5) is 11.6. The van der Waals surface area contributed by atoms with Crippen LogP contribution in [0.3, 0.4) is 0 Å². The zero-order valence-corrected chi connectivity index (χ0v) is 11.7. The molecule has 2 atom stereocenters. The minimum atomic E-state index is -1.81. The Kier molecular flexibility index (Phi) is 3.31. The molecular weight excluding hydrogens is 206 g/mol. The summed E-state index contributed by atoms with van der Waals surface area (Å²) in [5, 5.41) is 3.01. The Morgan fingerprint density at radius 3 is 2.27 bits per heavy atom. The zero-order valence-electron chi connectivity index (χ0n) is 10.7. The largest absolute Gasteiger partial charge is 0.405 e. The molecule has 0 aliphatic carbocycles. The summed E-state index contributed by atoms with van der Waals surface area (Å²) in [5.74, 6) is 0.360. The van der Waals surface area contributed by atoms with Crippen LogP contribution in [-0.4, -0.2) is 26.9 Å². The fourth-order valence-electron chi connectivity index (χ4n) is 1.39. The first-order chi connectivity index (χ1) is 6.65. The smallest absolute Gasteiger partial charge is 0.248 e. The molecule has 0 spiro atoms. The van der Waals surface area contributed by atoms with Gasteiger partial charge in [0.25, 0.3) is 0 Å². The normalized spacial score (nSPS) is 28.0. The molecule has 1 rings (SSSR count). The van der Waals surface area contributed by atoms with Crippen LogP contribution in [0.25, 0.3) is 0 Å². The average molecular weight is 229 g/mol. The van der Waals surface area contributed by atoms with E-state index >= 15 is 0 Å². The van der Waals surface area contributed by atoms with Gasteiger partial charge in [0.15, 0.2) is 8.32 Å². The van der Waals surface area contributed by atoms with E-state index in [1.807, 2.05) is 0 Å². The van der Waals surface area contributed by atoms with Gasteiger partial charge in [-0.25, -0.2) is 0 Å². The Morgan fingerprint density at radius 1 is 1.40 bits per heavy atom. The Bertz CT molecular complexity index is 258. The predicted molar refractivity (Wildman–Crippen MR) is 64.2 cm³/mol. The monoisotopic (exact) mass is 229 g/mol. The lowest BCUT2D eigenvalue weighted by Crippen LogP contribution is -2.46. The van der Waals surface area contributed by atoms with Crippen LogP contribution in [0.2, 0.25) is 18.1 Å². The molecule has 15 heavy (non-hydrogen) atoms. The lowest BCUT2D eigenvalue weighted by molar-refractivity contribution is -0.126. The molecule has 0 aromatic carbocycles. The fourth-order valence-corrected chi connectivity index (χ4v) is 2.72. The standard InChI is InChI=1S/C11H23NO2Si/c1-8-7-12-10(13)9(8)14-15(5,6)11(2,3)4/h8-9H,7H2,1-6H3,(H,12,13)/t8-,9-/m0/s1. The van der Waals surface area contributed by atoms with E-state index in [4.69, 9.17) is 4.43 Å². The van der Waals surface area contributed by atoms with E-state index in [9.17, 15) is 4.79 Å². The van der Waals surface area contributed by atoms with Gasteiger partial charge in [-0.15, -0.1) is 0 Å². The molecule has 1 aliphatic rings. The first-order valence-corrected chi connectivity index (χ1v) is 8.51. The maximum absolute atomic E-state index is 11.6. The molecule has 1 N–H and O–H groups in total. The average Bonchev–Trinajstić information content (AvgIpc) is 2.33. The molecule has 0 unspecified atom stereocenters. The van der Waals surface area contributed by atoms with E-state index in [2.05, 4.69) is 46.1 Å². The van der Waals surface area contributed by atoms with Gasteiger partial charge in [-0.3, -0.25) is 4.79 Å². The summed E-state index contributed by atoms with van der Waals surface area (Å²) in [6, 6.07) is 0. The van der Waals surface area contributed by atoms with Crippen LogP contribution in [0.15, 0.2) is 0 Å². The molecule has 0 aromatic rings. The third kappa shape index (κ3) is 2.61. The number of carbonyl (C=O) groups excluding carboxylic acids is 1. The van der Waals surface area contributed by atoms with Gasteiger partial charge in [-0.05, 0) is 18.1 Å². The van der Waals surface area contributed by atoms with E-state index in [1.165, 1.54) is 0 Å². The van der Waals surface area contributed by atoms with Crippen molar-refractivity contribution < 1.29 is 9.22 Å². The van der Waals surface area contributed by atoms with Gasteiger partial charge >= 0.3 is 0 Å². The highest BCUT2D eigenvalue weighted by Crippen LogP contribution is 2.38. The minimum Gasteiger partial charge on any atom is -0.405 e. The van der Waals surface area contributed by atoms with Crippen molar-refractivity contribution in [2.75, 3.05) is 6.54 Å². The van der Waals surface area contributed by atoms with Gasteiger partial charge in [0.1, 0.15) is 6.10 Å². The number of nitrogens with one attached hydrogen (secondary N) is 1. The first kappa shape index (κ1) is 12.7. The molecule has 1 saturated heterocycles. The number of rotatable bonds is 2. The van der Waals surface area contributed by atoms with Crippen molar-refractivity contribution >= 4 is 14.2 Å². The predicted octanol–water partition coefficient (Wildman–Crippen LogP) is 2.14. The fraction of sp³-hybridized carbons (Fsp3) is 0.909. The number of hydrogen-bond acceptors (Lipinski definition) is 2. The second kappa shape index (κ2) is 3.90. The zero-order chi connectivity index (χ0) is 11.9. The van der Waals surface area contributed by atoms with Gasteiger partial charge in [0.2, 0.25) is 5.91 Å². The molecule has 88 valence electrons. The maximum atomic E-state index is 11.6. The van der Waals surface area contributed by atoms with Gasteiger partial charge in [-0.1, -0.05) is 27.7 Å². The third-order valence-electron chi connectivity index (χ3n) is 3.60. The molecule has 0 saturated carbocycles. The lowest BCUT2D eigenvalue weighted by Gasteiger charge is -2.38. The molecule has 1 aliphatic heterocycles. The van der Waals surface area contributed by atoms with E-state index in [0.29, 0.717) is 5.92 Å². The molecule has 0 aromatic heterocycles. The van der Waals surface area contributed by atoms with Crippen molar-refractivity contribution in [1.82, 2.24) is 5.32 Å². The number of amides is 1. The molecule has 3 nitrogen and oxygen atoms in total. The highest BCUT2D eigenvalue weighted by molar-refractivity contribution is 6.74. The third-order valence-corrected chi connectivity index (χ3v) is 8.06. The molecular formula is C11H23NO2Si. The van der Waals surface area contributed by atoms with Crippen molar-refractivity contribution in [3.05, 3.63) is 0 Å². The molecule has 1 heterocycles. The summed E-state index contributed by atoms with van der Waals surface area (Å²) in [6.07, 6.45) is -0.231. The van der Waals surface area contributed by atoms with Crippen LogP contribution in [0.5, 0.6) is 0 Å².